The fourth-order valence-electron chi connectivity index (χ4n) is 3.98. The lowest BCUT2D eigenvalue weighted by molar-refractivity contribution is -0.117. The Balaban J connectivity index is 1.34. The molecule has 0 radical (unpaired) electrons. The van der Waals surface area contributed by atoms with Gasteiger partial charge in [0.25, 0.3) is 5.56 Å². The SMILES string of the molecule is CC(=O)N1CCc2cc(NC(=O)Cn3cnc4cc(-c5ccc(Cl)cc5)sc4c3=O)ccc21. The molecule has 33 heavy (non-hydrogen) atoms. The summed E-state index contributed by atoms with van der Waals surface area (Å²) in [5, 5.41) is 3.48. The van der Waals surface area contributed by atoms with Crippen molar-refractivity contribution in [3.05, 3.63) is 75.8 Å². The number of anilines is 2. The van der Waals surface area contributed by atoms with Crippen molar-refractivity contribution in [1.82, 2.24) is 9.55 Å². The largest absolute Gasteiger partial charge is 0.325 e. The lowest BCUT2D eigenvalue weighted by Crippen LogP contribution is -2.27. The number of rotatable bonds is 4. The Morgan fingerprint density at radius 3 is 2.70 bits per heavy atom. The van der Waals surface area contributed by atoms with Gasteiger partial charge in [-0.2, -0.15) is 0 Å². The zero-order valence-electron chi connectivity index (χ0n) is 17.7. The van der Waals surface area contributed by atoms with Crippen molar-refractivity contribution in [2.45, 2.75) is 19.9 Å². The molecule has 0 unspecified atom stereocenters. The van der Waals surface area contributed by atoms with Crippen LogP contribution in [0.25, 0.3) is 20.7 Å². The summed E-state index contributed by atoms with van der Waals surface area (Å²) in [5.41, 5.74) is 3.81. The van der Waals surface area contributed by atoms with Gasteiger partial charge < -0.3 is 10.2 Å². The zero-order valence-corrected chi connectivity index (χ0v) is 19.2. The Kier molecular flexibility index (Phi) is 5.47. The van der Waals surface area contributed by atoms with Crippen LogP contribution in [0.5, 0.6) is 0 Å². The number of hydrogen-bond donors (Lipinski definition) is 1. The van der Waals surface area contributed by atoms with E-state index in [1.165, 1.54) is 22.2 Å². The molecule has 166 valence electrons. The molecule has 2 aromatic heterocycles. The highest BCUT2D eigenvalue weighted by Crippen LogP contribution is 2.32. The second-order valence-electron chi connectivity index (χ2n) is 7.82. The minimum absolute atomic E-state index is 0.000555. The number of thiophene rings is 1. The third-order valence-electron chi connectivity index (χ3n) is 5.59. The molecule has 9 heteroatoms. The maximum atomic E-state index is 13.0. The minimum atomic E-state index is -0.325. The second kappa shape index (κ2) is 8.46. The van der Waals surface area contributed by atoms with Gasteiger partial charge in [0.05, 0.1) is 11.8 Å². The van der Waals surface area contributed by atoms with Gasteiger partial charge >= 0.3 is 0 Å². The van der Waals surface area contributed by atoms with Gasteiger partial charge in [0.15, 0.2) is 0 Å². The fraction of sp³-hybridized carbons (Fsp3) is 0.167. The molecule has 4 aromatic rings. The van der Waals surface area contributed by atoms with Crippen LogP contribution in [0.1, 0.15) is 12.5 Å². The first-order chi connectivity index (χ1) is 15.9. The molecule has 0 atom stereocenters. The molecule has 7 nitrogen and oxygen atoms in total. The van der Waals surface area contributed by atoms with E-state index >= 15 is 0 Å². The van der Waals surface area contributed by atoms with Crippen molar-refractivity contribution < 1.29 is 9.59 Å². The van der Waals surface area contributed by atoms with Gasteiger partial charge in [-0.15, -0.1) is 11.3 Å². The number of carbonyl (C=O) groups is 2. The topological polar surface area (TPSA) is 84.3 Å². The average molecular weight is 479 g/mol. The Hall–Kier alpha value is -3.49. The van der Waals surface area contributed by atoms with E-state index in [4.69, 9.17) is 11.6 Å². The van der Waals surface area contributed by atoms with Crippen LogP contribution >= 0.6 is 22.9 Å². The quantitative estimate of drug-likeness (QED) is 0.473. The third kappa shape index (κ3) is 4.15. The van der Waals surface area contributed by atoms with Gasteiger partial charge in [0, 0.05) is 34.7 Å². The van der Waals surface area contributed by atoms with Crippen LogP contribution in [0, 0.1) is 0 Å². The van der Waals surface area contributed by atoms with Crippen LogP contribution in [-0.4, -0.2) is 27.9 Å². The molecule has 1 aliphatic rings. The van der Waals surface area contributed by atoms with Crippen LogP contribution in [0.2, 0.25) is 5.02 Å². The highest BCUT2D eigenvalue weighted by atomic mass is 35.5. The second-order valence-corrected chi connectivity index (χ2v) is 9.31. The van der Waals surface area contributed by atoms with E-state index in [-0.39, 0.29) is 23.9 Å². The summed E-state index contributed by atoms with van der Waals surface area (Å²) in [6, 6.07) is 14.7. The standard InChI is InChI=1S/C24H19ClN4O3S/c1-14(30)29-9-8-16-10-18(6-7-20(16)29)27-22(31)12-28-13-26-19-11-21(33-23(19)24(28)32)15-2-4-17(25)5-3-15/h2-7,10-11,13H,8-9,12H2,1H3,(H,27,31). The Morgan fingerprint density at radius 2 is 1.94 bits per heavy atom. The molecule has 3 heterocycles. The lowest BCUT2D eigenvalue weighted by Gasteiger charge is -2.15. The molecule has 2 amide bonds. The summed E-state index contributed by atoms with van der Waals surface area (Å²) in [6.07, 6.45) is 2.14. The number of hydrogen-bond acceptors (Lipinski definition) is 5. The third-order valence-corrected chi connectivity index (χ3v) is 7.00. The summed E-state index contributed by atoms with van der Waals surface area (Å²) in [6.45, 7) is 2.04. The number of nitrogens with one attached hydrogen (secondary N) is 1. The summed E-state index contributed by atoms with van der Waals surface area (Å²) in [5.74, 6) is -0.324. The van der Waals surface area contributed by atoms with Crippen LogP contribution in [0.4, 0.5) is 11.4 Å². The summed E-state index contributed by atoms with van der Waals surface area (Å²) in [4.78, 5) is 44.3. The highest BCUT2D eigenvalue weighted by Gasteiger charge is 2.22. The number of carbonyl (C=O) groups excluding carboxylic acids is 2. The fourth-order valence-corrected chi connectivity index (χ4v) is 5.17. The monoisotopic (exact) mass is 478 g/mol. The van der Waals surface area contributed by atoms with Gasteiger partial charge in [0.1, 0.15) is 11.2 Å². The first-order valence-electron chi connectivity index (χ1n) is 10.3. The number of nitrogens with zero attached hydrogens (tertiary/aromatic N) is 3. The van der Waals surface area contributed by atoms with Gasteiger partial charge in [-0.1, -0.05) is 23.7 Å². The molecule has 2 aromatic carbocycles. The van der Waals surface area contributed by atoms with E-state index in [0.717, 1.165) is 28.1 Å². The molecule has 1 N–H and O–H groups in total. The van der Waals surface area contributed by atoms with Crippen molar-refractivity contribution >= 4 is 56.3 Å². The Morgan fingerprint density at radius 1 is 1.15 bits per heavy atom. The van der Waals surface area contributed by atoms with Gasteiger partial charge in [0.2, 0.25) is 11.8 Å². The van der Waals surface area contributed by atoms with Gasteiger partial charge in [-0.25, -0.2) is 4.98 Å². The molecule has 0 saturated heterocycles. The summed E-state index contributed by atoms with van der Waals surface area (Å²) in [7, 11) is 0. The zero-order chi connectivity index (χ0) is 23.1. The van der Waals surface area contributed by atoms with Crippen molar-refractivity contribution in [1.29, 1.82) is 0 Å². The molecule has 0 saturated carbocycles. The van der Waals surface area contributed by atoms with Crippen molar-refractivity contribution in [3.8, 4) is 10.4 Å². The summed E-state index contributed by atoms with van der Waals surface area (Å²) < 4.78 is 1.81. The van der Waals surface area contributed by atoms with E-state index in [1.54, 1.807) is 30.0 Å². The molecule has 0 spiro atoms. The normalized spacial score (nSPS) is 12.7. The maximum absolute atomic E-state index is 13.0. The van der Waals surface area contributed by atoms with Crippen molar-refractivity contribution in [2.75, 3.05) is 16.8 Å². The number of amides is 2. The molecule has 0 fully saturated rings. The smallest absolute Gasteiger partial charge is 0.271 e. The maximum Gasteiger partial charge on any atom is 0.271 e. The molecule has 1 aliphatic heterocycles. The predicted molar refractivity (Wildman–Crippen MR) is 131 cm³/mol. The van der Waals surface area contributed by atoms with Gasteiger partial charge in [-0.05, 0) is 53.9 Å². The molecule has 5 rings (SSSR count). The van der Waals surface area contributed by atoms with E-state index in [1.807, 2.05) is 30.3 Å². The minimum Gasteiger partial charge on any atom is -0.325 e. The first kappa shape index (κ1) is 21.4. The predicted octanol–water partition coefficient (Wildman–Crippen LogP) is 4.33. The average Bonchev–Trinajstić information content (AvgIpc) is 3.41. The van der Waals surface area contributed by atoms with E-state index in [2.05, 4.69) is 10.3 Å². The molecular weight excluding hydrogens is 460 g/mol. The Labute approximate surface area is 198 Å². The van der Waals surface area contributed by atoms with Crippen molar-refractivity contribution in [2.24, 2.45) is 0 Å². The lowest BCUT2D eigenvalue weighted by atomic mass is 10.1. The van der Waals surface area contributed by atoms with Crippen LogP contribution < -0.4 is 15.8 Å². The Bertz CT molecular complexity index is 1460. The van der Waals surface area contributed by atoms with E-state index < -0.39 is 0 Å². The first-order valence-corrected chi connectivity index (χ1v) is 11.5. The molecular formula is C24H19ClN4O3S. The highest BCUT2D eigenvalue weighted by molar-refractivity contribution is 7.22. The van der Waals surface area contributed by atoms with Crippen molar-refractivity contribution in [3.63, 3.8) is 0 Å². The van der Waals surface area contributed by atoms with Crippen LogP contribution in [0.3, 0.4) is 0 Å². The van der Waals surface area contributed by atoms with Crippen LogP contribution in [0.15, 0.2) is 59.7 Å². The van der Waals surface area contributed by atoms with Gasteiger partial charge in [-0.3, -0.25) is 19.0 Å². The van der Waals surface area contributed by atoms with Crippen LogP contribution in [-0.2, 0) is 22.6 Å². The summed E-state index contributed by atoms with van der Waals surface area (Å²) >= 11 is 7.30. The number of aromatic nitrogens is 2. The van der Waals surface area contributed by atoms with E-state index in [9.17, 15) is 14.4 Å². The number of halogens is 1. The van der Waals surface area contributed by atoms with E-state index in [0.29, 0.717) is 27.5 Å². The molecule has 0 aliphatic carbocycles. The molecule has 0 bridgehead atoms. The number of fused-ring (bicyclic) bond motifs is 2. The number of benzene rings is 2.